The quantitative estimate of drug-likeness (QED) is 0.576. The number of hydrogen-bond acceptors (Lipinski definition) is 2. The first-order chi connectivity index (χ1) is 8.54. The number of hydrogen-bond donors (Lipinski definition) is 3. The number of nitrogens with two attached hydrogens (primary N) is 1. The van der Waals surface area contributed by atoms with E-state index in [1.165, 1.54) is 0 Å². The number of carbonyl (C=O) groups is 1. The Kier molecular flexibility index (Phi) is 5.88. The number of urea groups is 1. The topological polar surface area (TPSA) is 67.2 Å². The molecule has 4 nitrogen and oxygen atoms in total. The highest BCUT2D eigenvalue weighted by Gasteiger charge is 2.07. The van der Waals surface area contributed by atoms with Crippen LogP contribution in [0.15, 0.2) is 18.2 Å². The van der Waals surface area contributed by atoms with Crippen LogP contribution >= 0.6 is 23.8 Å². The van der Waals surface area contributed by atoms with Gasteiger partial charge in [0.1, 0.15) is 4.99 Å². The number of thiocarbonyl (C=S) groups is 1. The Hall–Kier alpha value is -1.33. The fourth-order valence-corrected chi connectivity index (χ4v) is 1.61. The average molecular weight is 286 g/mol. The first-order valence-electron chi connectivity index (χ1n) is 5.68. The summed E-state index contributed by atoms with van der Waals surface area (Å²) in [5.74, 6) is 0. The van der Waals surface area contributed by atoms with Gasteiger partial charge in [-0.15, -0.1) is 0 Å². The van der Waals surface area contributed by atoms with Crippen molar-refractivity contribution >= 4 is 40.5 Å². The summed E-state index contributed by atoms with van der Waals surface area (Å²) < 4.78 is 0. The number of benzene rings is 1. The summed E-state index contributed by atoms with van der Waals surface area (Å²) >= 11 is 10.9. The van der Waals surface area contributed by atoms with Crippen molar-refractivity contribution in [2.24, 2.45) is 5.73 Å². The summed E-state index contributed by atoms with van der Waals surface area (Å²) in [5.41, 5.74) is 6.68. The van der Waals surface area contributed by atoms with E-state index in [0.29, 0.717) is 22.8 Å². The molecule has 0 aliphatic rings. The van der Waals surface area contributed by atoms with E-state index in [9.17, 15) is 4.79 Å². The van der Waals surface area contributed by atoms with Gasteiger partial charge in [-0.1, -0.05) is 43.2 Å². The number of unbranched alkanes of at least 4 members (excludes halogenated alkanes) is 1. The van der Waals surface area contributed by atoms with Gasteiger partial charge >= 0.3 is 6.03 Å². The van der Waals surface area contributed by atoms with Gasteiger partial charge in [-0.25, -0.2) is 4.79 Å². The number of carbonyl (C=O) groups excluding carboxylic acids is 1. The van der Waals surface area contributed by atoms with Crippen LogP contribution in [-0.4, -0.2) is 17.6 Å². The average Bonchev–Trinajstić information content (AvgIpc) is 2.32. The molecule has 0 aromatic heterocycles. The van der Waals surface area contributed by atoms with E-state index >= 15 is 0 Å². The highest BCUT2D eigenvalue weighted by molar-refractivity contribution is 7.80. The first-order valence-corrected chi connectivity index (χ1v) is 6.47. The lowest BCUT2D eigenvalue weighted by Gasteiger charge is -2.10. The van der Waals surface area contributed by atoms with Gasteiger partial charge in [-0.2, -0.15) is 0 Å². The van der Waals surface area contributed by atoms with Crippen molar-refractivity contribution in [1.29, 1.82) is 0 Å². The maximum absolute atomic E-state index is 11.6. The standard InChI is InChI=1S/C12H16ClN3OS/c1-2-3-6-15-12(17)16-10-7-8(11(14)18)4-5-9(10)13/h4-5,7H,2-3,6H2,1H3,(H2,14,18)(H2,15,16,17). The van der Waals surface area contributed by atoms with Crippen LogP contribution in [0, 0.1) is 0 Å². The van der Waals surface area contributed by atoms with Crippen LogP contribution < -0.4 is 16.4 Å². The van der Waals surface area contributed by atoms with E-state index in [4.69, 9.17) is 29.6 Å². The van der Waals surface area contributed by atoms with Crippen molar-refractivity contribution in [3.8, 4) is 0 Å². The summed E-state index contributed by atoms with van der Waals surface area (Å²) in [4.78, 5) is 11.8. The molecule has 2 amide bonds. The van der Waals surface area contributed by atoms with Crippen LogP contribution in [0.2, 0.25) is 5.02 Å². The van der Waals surface area contributed by atoms with E-state index < -0.39 is 0 Å². The second-order valence-corrected chi connectivity index (χ2v) is 4.64. The predicted octanol–water partition coefficient (Wildman–Crippen LogP) is 2.90. The molecule has 4 N–H and O–H groups in total. The molecule has 0 aliphatic heterocycles. The molecule has 0 saturated carbocycles. The second-order valence-electron chi connectivity index (χ2n) is 3.79. The molecule has 0 fully saturated rings. The summed E-state index contributed by atoms with van der Waals surface area (Å²) in [6, 6.07) is 4.73. The van der Waals surface area contributed by atoms with Gasteiger partial charge in [0.2, 0.25) is 0 Å². The third kappa shape index (κ3) is 4.50. The van der Waals surface area contributed by atoms with Crippen molar-refractivity contribution in [3.63, 3.8) is 0 Å². The molecule has 1 rings (SSSR count). The lowest BCUT2D eigenvalue weighted by molar-refractivity contribution is 0.252. The van der Waals surface area contributed by atoms with Crippen molar-refractivity contribution in [3.05, 3.63) is 28.8 Å². The van der Waals surface area contributed by atoms with Gasteiger partial charge in [0.25, 0.3) is 0 Å². The summed E-state index contributed by atoms with van der Waals surface area (Å²) in [6.45, 7) is 2.69. The lowest BCUT2D eigenvalue weighted by atomic mass is 10.2. The highest BCUT2D eigenvalue weighted by Crippen LogP contribution is 2.22. The van der Waals surface area contributed by atoms with Crippen LogP contribution in [0.5, 0.6) is 0 Å². The van der Waals surface area contributed by atoms with Crippen LogP contribution in [0.1, 0.15) is 25.3 Å². The zero-order valence-electron chi connectivity index (χ0n) is 10.1. The Morgan fingerprint density at radius 1 is 1.50 bits per heavy atom. The molecule has 0 atom stereocenters. The minimum atomic E-state index is -0.287. The van der Waals surface area contributed by atoms with Crippen molar-refractivity contribution in [2.45, 2.75) is 19.8 Å². The zero-order chi connectivity index (χ0) is 13.5. The van der Waals surface area contributed by atoms with Gasteiger partial charge in [0.15, 0.2) is 0 Å². The summed E-state index contributed by atoms with van der Waals surface area (Å²) in [5, 5.41) is 5.85. The number of rotatable bonds is 5. The first kappa shape index (κ1) is 14.7. The van der Waals surface area contributed by atoms with Crippen molar-refractivity contribution < 1.29 is 4.79 Å². The van der Waals surface area contributed by atoms with Gasteiger partial charge in [-0.3, -0.25) is 0 Å². The Morgan fingerprint density at radius 3 is 2.83 bits per heavy atom. The maximum Gasteiger partial charge on any atom is 0.319 e. The molecule has 6 heteroatoms. The third-order valence-electron chi connectivity index (χ3n) is 2.31. The molecule has 1 aromatic rings. The lowest BCUT2D eigenvalue weighted by Crippen LogP contribution is -2.29. The van der Waals surface area contributed by atoms with E-state index in [0.717, 1.165) is 12.8 Å². The molecule has 0 bridgehead atoms. The smallest absolute Gasteiger partial charge is 0.319 e. The zero-order valence-corrected chi connectivity index (χ0v) is 11.7. The molecular weight excluding hydrogens is 270 g/mol. The molecule has 1 aromatic carbocycles. The normalized spacial score (nSPS) is 9.89. The van der Waals surface area contributed by atoms with E-state index in [1.807, 2.05) is 0 Å². The largest absolute Gasteiger partial charge is 0.389 e. The van der Waals surface area contributed by atoms with Gasteiger partial charge in [0.05, 0.1) is 10.7 Å². The van der Waals surface area contributed by atoms with Crippen molar-refractivity contribution in [1.82, 2.24) is 5.32 Å². The van der Waals surface area contributed by atoms with E-state index in [-0.39, 0.29) is 11.0 Å². The fraction of sp³-hybridized carbons (Fsp3) is 0.333. The fourth-order valence-electron chi connectivity index (χ4n) is 1.32. The van der Waals surface area contributed by atoms with Gasteiger partial charge < -0.3 is 16.4 Å². The monoisotopic (exact) mass is 285 g/mol. The Labute approximate surface area is 117 Å². The number of amides is 2. The Balaban J connectivity index is 2.68. The number of nitrogens with one attached hydrogen (secondary N) is 2. The van der Waals surface area contributed by atoms with Crippen molar-refractivity contribution in [2.75, 3.05) is 11.9 Å². The molecule has 0 aliphatic carbocycles. The minimum Gasteiger partial charge on any atom is -0.389 e. The Morgan fingerprint density at radius 2 is 2.22 bits per heavy atom. The van der Waals surface area contributed by atoms with Gasteiger partial charge in [-0.05, 0) is 18.6 Å². The molecule has 0 unspecified atom stereocenters. The molecule has 18 heavy (non-hydrogen) atoms. The summed E-state index contributed by atoms with van der Waals surface area (Å²) in [7, 11) is 0. The minimum absolute atomic E-state index is 0.265. The molecule has 0 saturated heterocycles. The van der Waals surface area contributed by atoms with Crippen LogP contribution in [-0.2, 0) is 0 Å². The number of anilines is 1. The Bertz CT molecular complexity index is 451. The maximum atomic E-state index is 11.6. The SMILES string of the molecule is CCCCNC(=O)Nc1cc(C(N)=S)ccc1Cl. The second kappa shape index (κ2) is 7.18. The van der Waals surface area contributed by atoms with Gasteiger partial charge in [0, 0.05) is 12.1 Å². The van der Waals surface area contributed by atoms with Crippen LogP contribution in [0.4, 0.5) is 10.5 Å². The van der Waals surface area contributed by atoms with E-state index in [2.05, 4.69) is 17.6 Å². The predicted molar refractivity (Wildman–Crippen MR) is 79.3 cm³/mol. The molecule has 0 spiro atoms. The summed E-state index contributed by atoms with van der Waals surface area (Å²) in [6.07, 6.45) is 1.96. The molecule has 0 heterocycles. The highest BCUT2D eigenvalue weighted by atomic mass is 35.5. The van der Waals surface area contributed by atoms with Crippen LogP contribution in [0.3, 0.4) is 0 Å². The van der Waals surface area contributed by atoms with Crippen LogP contribution in [0.25, 0.3) is 0 Å². The number of halogens is 1. The van der Waals surface area contributed by atoms with E-state index in [1.54, 1.807) is 18.2 Å². The molecular formula is C12H16ClN3OS. The molecule has 98 valence electrons. The third-order valence-corrected chi connectivity index (χ3v) is 2.88. The molecule has 0 radical (unpaired) electrons.